The lowest BCUT2D eigenvalue weighted by atomic mass is 9.55. The number of aromatic amines is 1. The van der Waals surface area contributed by atoms with E-state index in [1.54, 1.807) is 0 Å². The van der Waals surface area contributed by atoms with Crippen LogP contribution >= 0.6 is 0 Å². The fourth-order valence-electron chi connectivity index (χ4n) is 8.20. The fraction of sp³-hybridized carbons (Fsp3) is 0.378. The molecule has 5 atom stereocenters. The first kappa shape index (κ1) is 28.4. The molecule has 3 aromatic carbocycles. The van der Waals surface area contributed by atoms with Crippen molar-refractivity contribution in [1.82, 2.24) is 10.3 Å². The summed E-state index contributed by atoms with van der Waals surface area (Å²) in [6.07, 6.45) is 7.11. The lowest BCUT2D eigenvalue weighted by Crippen LogP contribution is -2.44. The van der Waals surface area contributed by atoms with E-state index in [0.29, 0.717) is 29.3 Å². The first-order chi connectivity index (χ1) is 21.4. The second kappa shape index (κ2) is 11.6. The molecule has 7 heteroatoms. The quantitative estimate of drug-likeness (QED) is 0.178. The van der Waals surface area contributed by atoms with Crippen LogP contribution in [0, 0.1) is 17.3 Å². The van der Waals surface area contributed by atoms with Crippen LogP contribution in [0.1, 0.15) is 67.2 Å². The van der Waals surface area contributed by atoms with Gasteiger partial charge in [0.15, 0.2) is 0 Å². The number of aryl methyl sites for hydroxylation is 1. The Bertz CT molecular complexity index is 1710. The normalized spacial score (nSPS) is 24.6. The second-order valence-corrected chi connectivity index (χ2v) is 12.9. The van der Waals surface area contributed by atoms with E-state index < -0.39 is 18.1 Å². The molecule has 2 N–H and O–H groups in total. The van der Waals surface area contributed by atoms with Gasteiger partial charge in [-0.15, -0.1) is 0 Å². The monoisotopic (exact) mass is 590 g/mol. The fourth-order valence-corrected chi connectivity index (χ4v) is 8.20. The van der Waals surface area contributed by atoms with Gasteiger partial charge >= 0.3 is 12.1 Å². The highest BCUT2D eigenvalue weighted by atomic mass is 16.6. The number of esters is 1. The smallest absolute Gasteiger partial charge is 0.408 e. The number of ketones is 1. The Labute approximate surface area is 257 Å². The molecule has 1 amide bonds. The number of Topliss-reactive ketones (excluding diaryl/α,β-unsaturated/α-hetero) is 1. The third-order valence-corrected chi connectivity index (χ3v) is 10.5. The van der Waals surface area contributed by atoms with E-state index in [0.717, 1.165) is 60.6 Å². The van der Waals surface area contributed by atoms with Gasteiger partial charge in [0.25, 0.3) is 0 Å². The summed E-state index contributed by atoms with van der Waals surface area (Å²) in [4.78, 5) is 42.4. The van der Waals surface area contributed by atoms with Gasteiger partial charge in [-0.1, -0.05) is 61.5 Å². The Morgan fingerprint density at radius 2 is 1.82 bits per heavy atom. The Kier molecular flexibility index (Phi) is 7.48. The van der Waals surface area contributed by atoms with Gasteiger partial charge in [-0.05, 0) is 90.3 Å². The van der Waals surface area contributed by atoms with Crippen LogP contribution in [0.4, 0.5) is 4.79 Å². The predicted octanol–water partition coefficient (Wildman–Crippen LogP) is 7.04. The second-order valence-electron chi connectivity index (χ2n) is 12.9. The van der Waals surface area contributed by atoms with Gasteiger partial charge in [0.1, 0.15) is 24.2 Å². The van der Waals surface area contributed by atoms with Gasteiger partial charge in [0.2, 0.25) is 0 Å². The number of alkyl carbamates (subject to hydrolysis) is 1. The van der Waals surface area contributed by atoms with Crippen molar-refractivity contribution in [2.75, 3.05) is 0 Å². The number of carbonyl (C=O) groups excluding carboxylic acids is 3. The number of hydrogen-bond donors (Lipinski definition) is 2. The van der Waals surface area contributed by atoms with Crippen molar-refractivity contribution in [1.29, 1.82) is 0 Å². The molecule has 3 aliphatic rings. The van der Waals surface area contributed by atoms with Crippen molar-refractivity contribution in [3.63, 3.8) is 0 Å². The number of carbonyl (C=O) groups is 3. The third kappa shape index (κ3) is 5.29. The zero-order valence-electron chi connectivity index (χ0n) is 25.0. The van der Waals surface area contributed by atoms with Crippen molar-refractivity contribution in [2.45, 2.75) is 70.4 Å². The Balaban J connectivity index is 1.08. The van der Waals surface area contributed by atoms with Gasteiger partial charge < -0.3 is 19.8 Å². The summed E-state index contributed by atoms with van der Waals surface area (Å²) >= 11 is 0. The van der Waals surface area contributed by atoms with Crippen LogP contribution in [0.2, 0.25) is 0 Å². The topological polar surface area (TPSA) is 97.5 Å². The summed E-state index contributed by atoms with van der Waals surface area (Å²) in [7, 11) is 0. The molecule has 7 nitrogen and oxygen atoms in total. The maximum Gasteiger partial charge on any atom is 0.408 e. The van der Waals surface area contributed by atoms with Gasteiger partial charge in [-0.3, -0.25) is 4.79 Å². The first-order valence-corrected chi connectivity index (χ1v) is 15.8. The van der Waals surface area contributed by atoms with Crippen LogP contribution < -0.4 is 10.1 Å². The average Bonchev–Trinajstić information content (AvgIpc) is 3.59. The molecule has 4 aromatic rings. The molecule has 0 spiro atoms. The number of nitrogens with one attached hydrogen (secondary N) is 2. The van der Waals surface area contributed by atoms with Gasteiger partial charge in [0, 0.05) is 35.4 Å². The average molecular weight is 591 g/mol. The molecule has 0 aliphatic heterocycles. The Morgan fingerprint density at radius 1 is 1.00 bits per heavy atom. The number of rotatable bonds is 7. The van der Waals surface area contributed by atoms with Crippen LogP contribution in [0.15, 0.2) is 79.0 Å². The summed E-state index contributed by atoms with van der Waals surface area (Å²) in [6.45, 7) is 2.29. The van der Waals surface area contributed by atoms with Crippen LogP contribution in [0.25, 0.3) is 10.9 Å². The highest BCUT2D eigenvalue weighted by Crippen LogP contribution is 2.59. The molecular formula is C37H38N2O5. The van der Waals surface area contributed by atoms with E-state index in [9.17, 15) is 14.4 Å². The number of para-hydroxylation sites is 1. The number of aromatic nitrogens is 1. The standard InChI is InChI=1S/C37H38N2O5/c1-37-18-17-29-27-14-12-26(19-24(27)11-13-30(29)31(37)15-16-34(37)40)44-35(41)33(20-25-21-38-32-10-6-5-9-28(25)32)39-36(42)43-22-23-7-3-2-4-8-23/h2-10,12,14,19,21,29-31,33,38H,11,13,15-18,20,22H2,1H3,(H,39,42)/t29-,30-,31+,33+,37+/m1/s1. The molecule has 2 saturated carbocycles. The van der Waals surface area contributed by atoms with Crippen LogP contribution in [-0.4, -0.2) is 28.9 Å². The molecule has 0 unspecified atom stereocenters. The van der Waals surface area contributed by atoms with Crippen LogP contribution in [0.5, 0.6) is 5.75 Å². The van der Waals surface area contributed by atoms with Crippen molar-refractivity contribution in [3.8, 4) is 5.75 Å². The summed E-state index contributed by atoms with van der Waals surface area (Å²) in [6, 6.07) is 22.3. The first-order valence-electron chi connectivity index (χ1n) is 15.8. The number of hydrogen-bond acceptors (Lipinski definition) is 5. The highest BCUT2D eigenvalue weighted by molar-refractivity contribution is 5.88. The minimum absolute atomic E-state index is 0.0999. The van der Waals surface area contributed by atoms with Gasteiger partial charge in [0.05, 0.1) is 0 Å². The zero-order chi connectivity index (χ0) is 30.3. The van der Waals surface area contributed by atoms with E-state index >= 15 is 0 Å². The molecule has 3 aliphatic carbocycles. The van der Waals surface area contributed by atoms with Crippen LogP contribution in [-0.2, 0) is 33.8 Å². The van der Waals surface area contributed by atoms with Gasteiger partial charge in [-0.2, -0.15) is 0 Å². The minimum Gasteiger partial charge on any atom is -0.445 e. The van der Waals surface area contributed by atoms with Crippen molar-refractivity contribution in [3.05, 3.63) is 101 Å². The zero-order valence-corrected chi connectivity index (χ0v) is 25.0. The summed E-state index contributed by atoms with van der Waals surface area (Å²) in [5.41, 5.74) is 5.12. The molecule has 0 bridgehead atoms. The van der Waals surface area contributed by atoms with Crippen molar-refractivity contribution in [2.24, 2.45) is 17.3 Å². The lowest BCUT2D eigenvalue weighted by Gasteiger charge is -2.48. The largest absolute Gasteiger partial charge is 0.445 e. The number of fused-ring (bicyclic) bond motifs is 6. The number of ether oxygens (including phenoxy) is 2. The van der Waals surface area contributed by atoms with E-state index in [-0.39, 0.29) is 18.4 Å². The summed E-state index contributed by atoms with van der Waals surface area (Å²) in [5, 5.41) is 3.75. The molecule has 44 heavy (non-hydrogen) atoms. The van der Waals surface area contributed by atoms with E-state index in [1.807, 2.05) is 72.9 Å². The van der Waals surface area contributed by atoms with E-state index in [2.05, 4.69) is 23.3 Å². The molecule has 1 aromatic heterocycles. The Morgan fingerprint density at radius 3 is 2.68 bits per heavy atom. The molecule has 7 rings (SSSR count). The number of benzene rings is 3. The maximum atomic E-state index is 13.6. The lowest BCUT2D eigenvalue weighted by molar-refractivity contribution is -0.136. The summed E-state index contributed by atoms with van der Waals surface area (Å²) < 4.78 is 11.4. The molecule has 1 heterocycles. The number of H-pyrrole nitrogens is 1. The Hall–Kier alpha value is -4.39. The van der Waals surface area contributed by atoms with Crippen molar-refractivity contribution >= 4 is 28.7 Å². The van der Waals surface area contributed by atoms with Crippen molar-refractivity contribution < 1.29 is 23.9 Å². The van der Waals surface area contributed by atoms with E-state index in [1.165, 1.54) is 11.1 Å². The molecular weight excluding hydrogens is 552 g/mol. The molecule has 226 valence electrons. The highest BCUT2D eigenvalue weighted by Gasteiger charge is 2.54. The van der Waals surface area contributed by atoms with Gasteiger partial charge in [-0.25, -0.2) is 9.59 Å². The maximum absolute atomic E-state index is 13.6. The predicted molar refractivity (Wildman–Crippen MR) is 167 cm³/mol. The SMILES string of the molecule is C[C@]12CC[C@@H]3c4ccc(OC(=O)[C@H](Cc5c[nH]c6ccccc56)NC(=O)OCc5ccccc5)cc4CC[C@H]3[C@@H]1CCC2=O. The van der Waals surface area contributed by atoms with Crippen LogP contribution in [0.3, 0.4) is 0 Å². The van der Waals surface area contributed by atoms with E-state index in [4.69, 9.17) is 9.47 Å². The third-order valence-electron chi connectivity index (χ3n) is 10.5. The summed E-state index contributed by atoms with van der Waals surface area (Å²) in [5.74, 6) is 1.84. The molecule has 0 saturated heterocycles. The minimum atomic E-state index is -0.950. The number of amides is 1. The molecule has 0 radical (unpaired) electrons. The molecule has 2 fully saturated rings.